The molecule has 0 aromatic heterocycles. The van der Waals surface area contributed by atoms with Gasteiger partial charge in [-0.15, -0.1) is 0 Å². The third-order valence-electron chi connectivity index (χ3n) is 2.76. The molecule has 0 atom stereocenters. The van der Waals surface area contributed by atoms with Crippen LogP contribution in [-0.4, -0.2) is 8.42 Å². The molecule has 1 N–H and O–H groups in total. The quantitative estimate of drug-likeness (QED) is 0.937. The number of rotatable bonds is 4. The lowest BCUT2D eigenvalue weighted by molar-refractivity contribution is 0.601. The van der Waals surface area contributed by atoms with Crippen molar-refractivity contribution in [2.24, 2.45) is 0 Å². The second-order valence-corrected chi connectivity index (χ2v) is 5.96. The van der Waals surface area contributed by atoms with Crippen LogP contribution in [-0.2, 0) is 16.4 Å². The number of nitriles is 2. The van der Waals surface area contributed by atoms with E-state index >= 15 is 0 Å². The van der Waals surface area contributed by atoms with Gasteiger partial charge in [-0.05, 0) is 35.9 Å². The Hall–Kier alpha value is -2.83. The summed E-state index contributed by atoms with van der Waals surface area (Å²) in [5.41, 5.74) is 1.49. The predicted octanol–water partition coefficient (Wildman–Crippen LogP) is 2.43. The fourth-order valence-electron chi connectivity index (χ4n) is 1.73. The fraction of sp³-hybridized carbons (Fsp3) is 0.0667. The highest BCUT2D eigenvalue weighted by Crippen LogP contribution is 2.17. The van der Waals surface area contributed by atoms with Crippen LogP contribution in [0.2, 0.25) is 0 Å². The maximum atomic E-state index is 12.2. The minimum absolute atomic E-state index is 0.0302. The lowest BCUT2D eigenvalue weighted by Crippen LogP contribution is -2.13. The molecule has 0 radical (unpaired) electrons. The van der Waals surface area contributed by atoms with Crippen LogP contribution in [0.15, 0.2) is 53.4 Å². The molecule has 0 saturated carbocycles. The SMILES string of the molecule is N#CCc1ccc(NS(=O)(=O)c2cccc(C#N)c2)cc1. The molecule has 0 bridgehead atoms. The molecule has 2 rings (SSSR count). The summed E-state index contributed by atoms with van der Waals surface area (Å²) in [4.78, 5) is 0.0302. The Bertz CT molecular complexity index is 828. The Labute approximate surface area is 123 Å². The third-order valence-corrected chi connectivity index (χ3v) is 4.14. The van der Waals surface area contributed by atoms with Gasteiger partial charge in [0, 0.05) is 5.69 Å². The first-order valence-electron chi connectivity index (χ1n) is 6.04. The van der Waals surface area contributed by atoms with Crippen molar-refractivity contribution in [2.45, 2.75) is 11.3 Å². The molecule has 104 valence electrons. The predicted molar refractivity (Wildman–Crippen MR) is 77.7 cm³/mol. The van der Waals surface area contributed by atoms with Gasteiger partial charge in [0.2, 0.25) is 0 Å². The lowest BCUT2D eigenvalue weighted by atomic mass is 10.1. The molecule has 6 heteroatoms. The van der Waals surface area contributed by atoms with Crippen LogP contribution in [0.3, 0.4) is 0 Å². The maximum Gasteiger partial charge on any atom is 0.261 e. The van der Waals surface area contributed by atoms with Gasteiger partial charge in [-0.3, -0.25) is 4.72 Å². The Kier molecular flexibility index (Phi) is 4.22. The van der Waals surface area contributed by atoms with Crippen LogP contribution in [0.1, 0.15) is 11.1 Å². The fourth-order valence-corrected chi connectivity index (χ4v) is 2.83. The highest BCUT2D eigenvalue weighted by molar-refractivity contribution is 7.92. The maximum absolute atomic E-state index is 12.2. The van der Waals surface area contributed by atoms with Gasteiger partial charge in [0.25, 0.3) is 10.0 Å². The first-order valence-corrected chi connectivity index (χ1v) is 7.52. The minimum Gasteiger partial charge on any atom is -0.280 e. The minimum atomic E-state index is -3.74. The van der Waals surface area contributed by atoms with Crippen molar-refractivity contribution in [1.29, 1.82) is 10.5 Å². The molecule has 0 amide bonds. The molecule has 2 aromatic carbocycles. The number of nitrogens with zero attached hydrogens (tertiary/aromatic N) is 2. The molecule has 2 aromatic rings. The Morgan fingerprint density at radius 2 is 1.76 bits per heavy atom. The first-order chi connectivity index (χ1) is 10.0. The second-order valence-electron chi connectivity index (χ2n) is 4.28. The molecule has 0 heterocycles. The van der Waals surface area contributed by atoms with Crippen LogP contribution < -0.4 is 4.72 Å². The molecule has 0 spiro atoms. The van der Waals surface area contributed by atoms with Gasteiger partial charge < -0.3 is 0 Å². The van der Waals surface area contributed by atoms with Crippen molar-refractivity contribution in [3.05, 3.63) is 59.7 Å². The molecule has 0 aliphatic heterocycles. The summed E-state index contributed by atoms with van der Waals surface area (Å²) in [6, 6.07) is 16.3. The summed E-state index contributed by atoms with van der Waals surface area (Å²) in [5.74, 6) is 0. The summed E-state index contributed by atoms with van der Waals surface area (Å²) in [5, 5.41) is 17.4. The van der Waals surface area contributed by atoms with Gasteiger partial charge in [0.05, 0.1) is 29.0 Å². The number of anilines is 1. The Morgan fingerprint density at radius 3 is 2.38 bits per heavy atom. The van der Waals surface area contributed by atoms with E-state index in [1.54, 1.807) is 24.3 Å². The number of nitrogens with one attached hydrogen (secondary N) is 1. The second kappa shape index (κ2) is 6.08. The average molecular weight is 297 g/mol. The summed E-state index contributed by atoms with van der Waals surface area (Å²) < 4.78 is 26.9. The van der Waals surface area contributed by atoms with E-state index < -0.39 is 10.0 Å². The van der Waals surface area contributed by atoms with Crippen LogP contribution >= 0.6 is 0 Å². The summed E-state index contributed by atoms with van der Waals surface area (Å²) in [6.45, 7) is 0. The van der Waals surface area contributed by atoms with Crippen molar-refractivity contribution in [3.8, 4) is 12.1 Å². The van der Waals surface area contributed by atoms with Gasteiger partial charge in [-0.1, -0.05) is 18.2 Å². The van der Waals surface area contributed by atoms with Gasteiger partial charge in [-0.2, -0.15) is 10.5 Å². The molecule has 21 heavy (non-hydrogen) atoms. The standard InChI is InChI=1S/C15H11N3O2S/c16-9-8-12-4-6-14(7-5-12)18-21(19,20)15-3-1-2-13(10-15)11-17/h1-7,10,18H,8H2. The van der Waals surface area contributed by atoms with Crippen molar-refractivity contribution in [2.75, 3.05) is 4.72 Å². The Morgan fingerprint density at radius 1 is 1.05 bits per heavy atom. The van der Waals surface area contributed by atoms with E-state index in [4.69, 9.17) is 10.5 Å². The monoisotopic (exact) mass is 297 g/mol. The number of hydrogen-bond acceptors (Lipinski definition) is 4. The molecule has 0 fully saturated rings. The summed E-state index contributed by atoms with van der Waals surface area (Å²) in [7, 11) is -3.74. The van der Waals surface area contributed by atoms with Crippen LogP contribution in [0.4, 0.5) is 5.69 Å². The third kappa shape index (κ3) is 3.59. The highest BCUT2D eigenvalue weighted by Gasteiger charge is 2.14. The molecular weight excluding hydrogens is 286 g/mol. The summed E-state index contributed by atoms with van der Waals surface area (Å²) >= 11 is 0. The van der Waals surface area contributed by atoms with Crippen molar-refractivity contribution < 1.29 is 8.42 Å². The van der Waals surface area contributed by atoms with E-state index in [0.29, 0.717) is 5.69 Å². The van der Waals surface area contributed by atoms with Crippen molar-refractivity contribution in [1.82, 2.24) is 0 Å². The largest absolute Gasteiger partial charge is 0.280 e. The van der Waals surface area contributed by atoms with Gasteiger partial charge in [0.15, 0.2) is 0 Å². The smallest absolute Gasteiger partial charge is 0.261 e. The van der Waals surface area contributed by atoms with Crippen molar-refractivity contribution >= 4 is 15.7 Å². The van der Waals surface area contributed by atoms with Crippen LogP contribution in [0, 0.1) is 22.7 Å². The zero-order chi connectivity index (χ0) is 15.3. The number of hydrogen-bond donors (Lipinski definition) is 1. The van der Waals surface area contributed by atoms with Crippen LogP contribution in [0.25, 0.3) is 0 Å². The van der Waals surface area contributed by atoms with Gasteiger partial charge >= 0.3 is 0 Å². The molecule has 0 aliphatic rings. The van der Waals surface area contributed by atoms with Gasteiger partial charge in [-0.25, -0.2) is 8.42 Å². The highest BCUT2D eigenvalue weighted by atomic mass is 32.2. The lowest BCUT2D eigenvalue weighted by Gasteiger charge is -2.08. The van der Waals surface area contributed by atoms with E-state index in [-0.39, 0.29) is 16.9 Å². The van der Waals surface area contributed by atoms with E-state index in [1.165, 1.54) is 24.3 Å². The van der Waals surface area contributed by atoms with Crippen LogP contribution in [0.5, 0.6) is 0 Å². The number of sulfonamides is 1. The summed E-state index contributed by atoms with van der Waals surface area (Å²) in [6.07, 6.45) is 0.275. The van der Waals surface area contributed by atoms with E-state index in [9.17, 15) is 8.42 Å². The zero-order valence-corrected chi connectivity index (χ0v) is 11.8. The number of benzene rings is 2. The molecular formula is C15H11N3O2S. The van der Waals surface area contributed by atoms with E-state index in [2.05, 4.69) is 4.72 Å². The normalized spacial score (nSPS) is 10.4. The first kappa shape index (κ1) is 14.6. The van der Waals surface area contributed by atoms with E-state index in [0.717, 1.165) is 5.56 Å². The van der Waals surface area contributed by atoms with E-state index in [1.807, 2.05) is 12.1 Å². The Balaban J connectivity index is 2.25. The molecule has 0 saturated heterocycles. The zero-order valence-electron chi connectivity index (χ0n) is 10.9. The average Bonchev–Trinajstić information content (AvgIpc) is 2.49. The van der Waals surface area contributed by atoms with Gasteiger partial charge in [0.1, 0.15) is 0 Å². The van der Waals surface area contributed by atoms with Crippen molar-refractivity contribution in [3.63, 3.8) is 0 Å². The molecule has 5 nitrogen and oxygen atoms in total. The molecule has 0 aliphatic carbocycles. The topological polar surface area (TPSA) is 93.8 Å². The molecule has 0 unspecified atom stereocenters.